The first-order valence-corrected chi connectivity index (χ1v) is 11.1. The van der Waals surface area contributed by atoms with Crippen molar-refractivity contribution < 1.29 is 24.2 Å². The lowest BCUT2D eigenvalue weighted by Crippen LogP contribution is -2.42. The van der Waals surface area contributed by atoms with Crippen molar-refractivity contribution in [1.29, 1.82) is 0 Å². The SMILES string of the molecule is CCCCCCCCCCCCCC(=O)NC(CCC(=O)O)C(=O)OC(C)C. The number of aliphatic carboxylic acids is 1. The van der Waals surface area contributed by atoms with Crippen molar-refractivity contribution in [2.45, 2.75) is 123 Å². The third-order valence-electron chi connectivity index (χ3n) is 4.63. The zero-order valence-electron chi connectivity index (χ0n) is 18.1. The van der Waals surface area contributed by atoms with E-state index >= 15 is 0 Å². The van der Waals surface area contributed by atoms with Crippen molar-refractivity contribution in [2.24, 2.45) is 0 Å². The Morgan fingerprint density at radius 3 is 1.79 bits per heavy atom. The molecule has 0 fully saturated rings. The summed E-state index contributed by atoms with van der Waals surface area (Å²) in [4.78, 5) is 34.9. The second kappa shape index (κ2) is 17.5. The highest BCUT2D eigenvalue weighted by Gasteiger charge is 2.23. The average molecular weight is 400 g/mol. The van der Waals surface area contributed by atoms with Gasteiger partial charge < -0.3 is 15.2 Å². The average Bonchev–Trinajstić information content (AvgIpc) is 2.62. The number of unbranched alkanes of at least 4 members (excludes halogenated alkanes) is 10. The van der Waals surface area contributed by atoms with E-state index in [1.807, 2.05) is 0 Å². The number of ether oxygens (including phenoxy) is 1. The Hall–Kier alpha value is -1.59. The zero-order chi connectivity index (χ0) is 21.2. The first-order chi connectivity index (χ1) is 13.4. The molecule has 0 aliphatic heterocycles. The molecule has 6 heteroatoms. The van der Waals surface area contributed by atoms with Gasteiger partial charge in [-0.1, -0.05) is 71.1 Å². The lowest BCUT2D eigenvalue weighted by atomic mass is 10.0. The number of rotatable bonds is 18. The molecule has 0 saturated carbocycles. The van der Waals surface area contributed by atoms with E-state index in [1.54, 1.807) is 13.8 Å². The molecule has 0 aromatic rings. The van der Waals surface area contributed by atoms with Gasteiger partial charge in [0.15, 0.2) is 0 Å². The van der Waals surface area contributed by atoms with Crippen molar-refractivity contribution in [3.8, 4) is 0 Å². The molecule has 0 aromatic carbocycles. The molecule has 0 aliphatic rings. The Morgan fingerprint density at radius 1 is 0.821 bits per heavy atom. The molecular weight excluding hydrogens is 358 g/mol. The fourth-order valence-corrected chi connectivity index (χ4v) is 3.05. The molecular formula is C22H41NO5. The van der Waals surface area contributed by atoms with Gasteiger partial charge in [0.05, 0.1) is 6.10 Å². The number of carboxylic acids is 1. The molecule has 0 heterocycles. The molecule has 0 spiro atoms. The van der Waals surface area contributed by atoms with E-state index in [9.17, 15) is 14.4 Å². The van der Waals surface area contributed by atoms with Crippen molar-refractivity contribution >= 4 is 17.8 Å². The van der Waals surface area contributed by atoms with Crippen molar-refractivity contribution in [1.82, 2.24) is 5.32 Å². The van der Waals surface area contributed by atoms with Crippen molar-refractivity contribution in [3.63, 3.8) is 0 Å². The van der Waals surface area contributed by atoms with E-state index in [1.165, 1.54) is 51.4 Å². The summed E-state index contributed by atoms with van der Waals surface area (Å²) in [5.41, 5.74) is 0. The second-order valence-electron chi connectivity index (χ2n) is 7.82. The van der Waals surface area contributed by atoms with Crippen LogP contribution in [0.4, 0.5) is 0 Å². The van der Waals surface area contributed by atoms with Crippen LogP contribution in [0.3, 0.4) is 0 Å². The standard InChI is InChI=1S/C22H41NO5/c1-4-5-6-7-8-9-10-11-12-13-14-15-20(24)23-19(16-17-21(25)26)22(27)28-18(2)3/h18-19H,4-17H2,1-3H3,(H,23,24)(H,25,26). The van der Waals surface area contributed by atoms with Gasteiger partial charge in [-0.2, -0.15) is 0 Å². The minimum Gasteiger partial charge on any atom is -0.481 e. The first kappa shape index (κ1) is 26.4. The number of hydrogen-bond donors (Lipinski definition) is 2. The van der Waals surface area contributed by atoms with Crippen molar-refractivity contribution in [3.05, 3.63) is 0 Å². The molecule has 0 radical (unpaired) electrons. The summed E-state index contributed by atoms with van der Waals surface area (Å²) in [6.07, 6.45) is 13.2. The van der Waals surface area contributed by atoms with Gasteiger partial charge in [-0.05, 0) is 26.7 Å². The Morgan fingerprint density at radius 2 is 1.32 bits per heavy atom. The van der Waals surface area contributed by atoms with E-state index in [0.29, 0.717) is 6.42 Å². The number of carbonyl (C=O) groups is 3. The quantitative estimate of drug-likeness (QED) is 0.250. The highest BCUT2D eigenvalue weighted by molar-refractivity contribution is 5.84. The van der Waals surface area contributed by atoms with E-state index < -0.39 is 18.0 Å². The van der Waals surface area contributed by atoms with E-state index in [2.05, 4.69) is 12.2 Å². The van der Waals surface area contributed by atoms with Gasteiger partial charge in [-0.25, -0.2) is 4.79 Å². The number of nitrogens with one attached hydrogen (secondary N) is 1. The van der Waals surface area contributed by atoms with Crippen molar-refractivity contribution in [2.75, 3.05) is 0 Å². The minimum atomic E-state index is -0.998. The maximum Gasteiger partial charge on any atom is 0.328 e. The predicted molar refractivity (Wildman–Crippen MR) is 111 cm³/mol. The van der Waals surface area contributed by atoms with Crippen LogP contribution in [0.15, 0.2) is 0 Å². The van der Waals surface area contributed by atoms with E-state index in [-0.39, 0.29) is 24.9 Å². The molecule has 2 N–H and O–H groups in total. The van der Waals surface area contributed by atoms with Gasteiger partial charge in [0.1, 0.15) is 6.04 Å². The molecule has 1 amide bonds. The molecule has 0 rings (SSSR count). The summed E-state index contributed by atoms with van der Waals surface area (Å²) in [5.74, 6) is -1.78. The Kier molecular flexibility index (Phi) is 16.5. The minimum absolute atomic E-state index is 0.0465. The zero-order valence-corrected chi connectivity index (χ0v) is 18.1. The third kappa shape index (κ3) is 16.6. The van der Waals surface area contributed by atoms with Gasteiger partial charge in [0.25, 0.3) is 0 Å². The van der Waals surface area contributed by atoms with Crippen LogP contribution in [0, 0.1) is 0 Å². The fourth-order valence-electron chi connectivity index (χ4n) is 3.05. The highest BCUT2D eigenvalue weighted by atomic mass is 16.5. The van der Waals surface area contributed by atoms with Gasteiger partial charge in [0.2, 0.25) is 5.91 Å². The molecule has 0 saturated heterocycles. The molecule has 6 nitrogen and oxygen atoms in total. The van der Waals surface area contributed by atoms with Gasteiger partial charge in [-0.15, -0.1) is 0 Å². The van der Waals surface area contributed by atoms with E-state index in [0.717, 1.165) is 19.3 Å². The largest absolute Gasteiger partial charge is 0.481 e. The van der Waals surface area contributed by atoms with Gasteiger partial charge in [-0.3, -0.25) is 9.59 Å². The molecule has 164 valence electrons. The Balaban J connectivity index is 3.89. The van der Waals surface area contributed by atoms with E-state index in [4.69, 9.17) is 9.84 Å². The fraction of sp³-hybridized carbons (Fsp3) is 0.864. The maximum absolute atomic E-state index is 12.1. The summed E-state index contributed by atoms with van der Waals surface area (Å²) >= 11 is 0. The number of carboxylic acid groups (broad SMARTS) is 1. The summed E-state index contributed by atoms with van der Waals surface area (Å²) in [5, 5.41) is 11.4. The Bertz CT molecular complexity index is 437. The monoisotopic (exact) mass is 399 g/mol. The summed E-state index contributed by atoms with van der Waals surface area (Å²) in [7, 11) is 0. The normalized spacial score (nSPS) is 12.0. The third-order valence-corrected chi connectivity index (χ3v) is 4.63. The molecule has 28 heavy (non-hydrogen) atoms. The van der Waals surface area contributed by atoms with Crippen LogP contribution in [-0.4, -0.2) is 35.1 Å². The summed E-state index contributed by atoms with van der Waals surface area (Å²) < 4.78 is 5.11. The topological polar surface area (TPSA) is 92.7 Å². The van der Waals surface area contributed by atoms with Gasteiger partial charge in [0, 0.05) is 12.8 Å². The predicted octanol–water partition coefficient (Wildman–Crippen LogP) is 4.99. The number of carbonyl (C=O) groups excluding carboxylic acids is 2. The number of amides is 1. The molecule has 0 bridgehead atoms. The van der Waals surface area contributed by atoms with Crippen LogP contribution in [0.2, 0.25) is 0 Å². The van der Waals surface area contributed by atoms with Crippen LogP contribution in [0.1, 0.15) is 111 Å². The van der Waals surface area contributed by atoms with Crippen LogP contribution >= 0.6 is 0 Å². The maximum atomic E-state index is 12.1. The lowest BCUT2D eigenvalue weighted by molar-refractivity contribution is -0.152. The van der Waals surface area contributed by atoms with Crippen LogP contribution in [0.5, 0.6) is 0 Å². The van der Waals surface area contributed by atoms with Crippen LogP contribution in [0.25, 0.3) is 0 Å². The highest BCUT2D eigenvalue weighted by Crippen LogP contribution is 2.12. The van der Waals surface area contributed by atoms with Gasteiger partial charge >= 0.3 is 11.9 Å². The lowest BCUT2D eigenvalue weighted by Gasteiger charge is -2.18. The number of esters is 1. The summed E-state index contributed by atoms with van der Waals surface area (Å²) in [6.45, 7) is 5.67. The molecule has 0 aromatic heterocycles. The molecule has 1 unspecified atom stereocenters. The molecule has 0 aliphatic carbocycles. The summed E-state index contributed by atoms with van der Waals surface area (Å²) in [6, 6.07) is -0.890. The smallest absolute Gasteiger partial charge is 0.328 e. The van der Waals surface area contributed by atoms with Crippen LogP contribution in [-0.2, 0) is 19.1 Å². The number of hydrogen-bond acceptors (Lipinski definition) is 4. The second-order valence-corrected chi connectivity index (χ2v) is 7.82. The first-order valence-electron chi connectivity index (χ1n) is 11.1. The Labute approximate surface area is 170 Å². The molecule has 1 atom stereocenters. The van der Waals surface area contributed by atoms with Crippen LogP contribution < -0.4 is 5.32 Å².